The molecular weight excluding hydrogens is 425 g/mol. The highest BCUT2D eigenvalue weighted by Crippen LogP contribution is 2.26. The number of nitrogens with zero attached hydrogens (tertiary/aromatic N) is 3. The minimum absolute atomic E-state index is 0.0876. The SMILES string of the molecule is Cc1noc(C)c1Cc1ccc(C(=O)N2CCN(Cc3c(Cl)cccc3Cl)CC2)o1. The molecule has 1 aliphatic rings. The van der Waals surface area contributed by atoms with Gasteiger partial charge in [-0.05, 0) is 38.1 Å². The molecular formula is C22H23Cl2N3O3. The Kier molecular flexibility index (Phi) is 6.18. The number of aryl methyl sites for hydroxylation is 2. The molecule has 0 N–H and O–H groups in total. The van der Waals surface area contributed by atoms with Gasteiger partial charge in [-0.1, -0.05) is 34.4 Å². The number of halogens is 2. The van der Waals surface area contributed by atoms with Crippen LogP contribution < -0.4 is 0 Å². The van der Waals surface area contributed by atoms with Crippen molar-refractivity contribution in [1.82, 2.24) is 15.0 Å². The van der Waals surface area contributed by atoms with Gasteiger partial charge in [-0.3, -0.25) is 9.69 Å². The highest BCUT2D eigenvalue weighted by molar-refractivity contribution is 6.35. The molecule has 30 heavy (non-hydrogen) atoms. The minimum atomic E-state index is -0.0876. The molecule has 0 spiro atoms. The Morgan fingerprint density at radius 2 is 1.73 bits per heavy atom. The first kappa shape index (κ1) is 21.0. The van der Waals surface area contributed by atoms with Crippen molar-refractivity contribution in [2.45, 2.75) is 26.8 Å². The molecule has 0 bridgehead atoms. The van der Waals surface area contributed by atoms with E-state index < -0.39 is 0 Å². The van der Waals surface area contributed by atoms with Crippen molar-refractivity contribution in [1.29, 1.82) is 0 Å². The third-order valence-corrected chi connectivity index (χ3v) is 6.22. The van der Waals surface area contributed by atoms with Crippen molar-refractivity contribution in [2.24, 2.45) is 0 Å². The molecule has 6 nitrogen and oxygen atoms in total. The summed E-state index contributed by atoms with van der Waals surface area (Å²) in [6, 6.07) is 9.12. The number of furan rings is 1. The van der Waals surface area contributed by atoms with E-state index in [1.165, 1.54) is 0 Å². The maximum Gasteiger partial charge on any atom is 0.289 e. The number of carbonyl (C=O) groups is 1. The van der Waals surface area contributed by atoms with Gasteiger partial charge in [-0.2, -0.15) is 0 Å². The van der Waals surface area contributed by atoms with E-state index in [1.54, 1.807) is 6.07 Å². The average molecular weight is 448 g/mol. The predicted octanol–water partition coefficient (Wildman–Crippen LogP) is 4.74. The van der Waals surface area contributed by atoms with Gasteiger partial charge >= 0.3 is 0 Å². The van der Waals surface area contributed by atoms with Crippen molar-refractivity contribution in [3.8, 4) is 0 Å². The highest BCUT2D eigenvalue weighted by atomic mass is 35.5. The van der Waals surface area contributed by atoms with Gasteiger partial charge < -0.3 is 13.8 Å². The molecule has 1 aromatic carbocycles. The summed E-state index contributed by atoms with van der Waals surface area (Å²) in [5.74, 6) is 1.76. The number of piperazine rings is 1. The Hall–Kier alpha value is -2.28. The summed E-state index contributed by atoms with van der Waals surface area (Å²) < 4.78 is 11.0. The number of carbonyl (C=O) groups excluding carboxylic acids is 1. The highest BCUT2D eigenvalue weighted by Gasteiger charge is 2.25. The van der Waals surface area contributed by atoms with E-state index in [9.17, 15) is 4.79 Å². The fourth-order valence-electron chi connectivity index (χ4n) is 3.69. The van der Waals surface area contributed by atoms with E-state index in [-0.39, 0.29) is 5.91 Å². The summed E-state index contributed by atoms with van der Waals surface area (Å²) in [6.07, 6.45) is 0.556. The van der Waals surface area contributed by atoms with E-state index in [0.29, 0.717) is 41.9 Å². The molecule has 1 fully saturated rings. The first-order chi connectivity index (χ1) is 14.4. The Morgan fingerprint density at radius 3 is 2.37 bits per heavy atom. The van der Waals surface area contributed by atoms with Crippen molar-refractivity contribution in [2.75, 3.05) is 26.2 Å². The molecule has 3 heterocycles. The van der Waals surface area contributed by atoms with Gasteiger partial charge in [0.1, 0.15) is 11.5 Å². The lowest BCUT2D eigenvalue weighted by Crippen LogP contribution is -2.48. The van der Waals surface area contributed by atoms with Crippen LogP contribution >= 0.6 is 23.2 Å². The monoisotopic (exact) mass is 447 g/mol. The summed E-state index contributed by atoms with van der Waals surface area (Å²) in [5, 5.41) is 5.30. The molecule has 158 valence electrons. The smallest absolute Gasteiger partial charge is 0.289 e. The second-order valence-corrected chi connectivity index (χ2v) is 8.33. The van der Waals surface area contributed by atoms with Crippen LogP contribution in [0.5, 0.6) is 0 Å². The third-order valence-electron chi connectivity index (χ3n) is 5.51. The van der Waals surface area contributed by atoms with Crippen LogP contribution in [0, 0.1) is 13.8 Å². The Bertz CT molecular complexity index is 1010. The molecule has 0 atom stereocenters. The quantitative estimate of drug-likeness (QED) is 0.564. The number of hydrogen-bond acceptors (Lipinski definition) is 5. The number of amides is 1. The first-order valence-electron chi connectivity index (χ1n) is 9.87. The van der Waals surface area contributed by atoms with Crippen molar-refractivity contribution in [3.63, 3.8) is 0 Å². The molecule has 4 rings (SSSR count). The first-order valence-corrected chi connectivity index (χ1v) is 10.6. The topological polar surface area (TPSA) is 62.7 Å². The second kappa shape index (κ2) is 8.84. The van der Waals surface area contributed by atoms with Crippen LogP contribution in [0.4, 0.5) is 0 Å². The number of benzene rings is 1. The van der Waals surface area contributed by atoms with Gasteiger partial charge in [-0.15, -0.1) is 0 Å². The largest absolute Gasteiger partial charge is 0.456 e. The van der Waals surface area contributed by atoms with Gasteiger partial charge in [0.15, 0.2) is 5.76 Å². The lowest BCUT2D eigenvalue weighted by Gasteiger charge is -2.34. The summed E-state index contributed by atoms with van der Waals surface area (Å²) in [5.41, 5.74) is 2.76. The van der Waals surface area contributed by atoms with Crippen molar-refractivity contribution in [3.05, 3.63) is 74.5 Å². The third kappa shape index (κ3) is 4.41. The molecule has 8 heteroatoms. The van der Waals surface area contributed by atoms with E-state index in [4.69, 9.17) is 32.1 Å². The van der Waals surface area contributed by atoms with Gasteiger partial charge in [0.05, 0.1) is 5.69 Å². The Morgan fingerprint density at radius 1 is 1.03 bits per heavy atom. The maximum atomic E-state index is 12.9. The van der Waals surface area contributed by atoms with Gasteiger partial charge in [0, 0.05) is 60.3 Å². The normalized spacial score (nSPS) is 15.0. The summed E-state index contributed by atoms with van der Waals surface area (Å²) in [4.78, 5) is 16.9. The van der Waals surface area contributed by atoms with Crippen LogP contribution in [-0.4, -0.2) is 47.0 Å². The molecule has 2 aromatic heterocycles. The zero-order valence-corrected chi connectivity index (χ0v) is 18.5. The zero-order chi connectivity index (χ0) is 21.3. The molecule has 0 saturated carbocycles. The van der Waals surface area contributed by atoms with Gasteiger partial charge in [0.2, 0.25) is 0 Å². The van der Waals surface area contributed by atoms with Crippen LogP contribution in [0.2, 0.25) is 10.0 Å². The molecule has 1 saturated heterocycles. The van der Waals surface area contributed by atoms with Crippen LogP contribution in [0.1, 0.15) is 38.9 Å². The van der Waals surface area contributed by atoms with E-state index in [1.807, 2.05) is 43.0 Å². The molecule has 0 unspecified atom stereocenters. The van der Waals surface area contributed by atoms with E-state index in [0.717, 1.165) is 41.4 Å². The Labute approximate surface area is 185 Å². The van der Waals surface area contributed by atoms with E-state index in [2.05, 4.69) is 10.1 Å². The lowest BCUT2D eigenvalue weighted by molar-refractivity contribution is 0.0596. The molecule has 1 amide bonds. The molecule has 1 aliphatic heterocycles. The minimum Gasteiger partial charge on any atom is -0.456 e. The van der Waals surface area contributed by atoms with Crippen LogP contribution in [-0.2, 0) is 13.0 Å². The van der Waals surface area contributed by atoms with E-state index >= 15 is 0 Å². The predicted molar refractivity (Wildman–Crippen MR) is 115 cm³/mol. The molecule has 3 aromatic rings. The van der Waals surface area contributed by atoms with Gasteiger partial charge in [-0.25, -0.2) is 0 Å². The molecule has 0 aliphatic carbocycles. The number of rotatable bonds is 5. The van der Waals surface area contributed by atoms with Crippen LogP contribution in [0.15, 0.2) is 39.3 Å². The van der Waals surface area contributed by atoms with Crippen LogP contribution in [0.3, 0.4) is 0 Å². The van der Waals surface area contributed by atoms with Crippen molar-refractivity contribution < 1.29 is 13.7 Å². The lowest BCUT2D eigenvalue weighted by atomic mass is 10.1. The maximum absolute atomic E-state index is 12.9. The summed E-state index contributed by atoms with van der Waals surface area (Å²) >= 11 is 12.6. The fraction of sp³-hybridized carbons (Fsp3) is 0.364. The zero-order valence-electron chi connectivity index (χ0n) is 17.0. The van der Waals surface area contributed by atoms with Gasteiger partial charge in [0.25, 0.3) is 5.91 Å². The second-order valence-electron chi connectivity index (χ2n) is 7.51. The average Bonchev–Trinajstić information content (AvgIpc) is 3.33. The van der Waals surface area contributed by atoms with Crippen LogP contribution in [0.25, 0.3) is 0 Å². The molecule has 0 radical (unpaired) electrons. The number of aromatic nitrogens is 1. The standard InChI is InChI=1S/C22H23Cl2N3O3/c1-14-17(15(2)30-25-14)12-16-6-7-21(29-16)22(28)27-10-8-26(9-11-27)13-18-19(23)4-3-5-20(18)24/h3-7H,8-13H2,1-2H3. The Balaban J connectivity index is 1.35. The fourth-order valence-corrected chi connectivity index (χ4v) is 4.21. The number of hydrogen-bond donors (Lipinski definition) is 0. The summed E-state index contributed by atoms with van der Waals surface area (Å²) in [7, 11) is 0. The van der Waals surface area contributed by atoms with Crippen molar-refractivity contribution >= 4 is 29.1 Å². The summed E-state index contributed by atoms with van der Waals surface area (Å²) in [6.45, 7) is 7.19.